The Morgan fingerprint density at radius 1 is 0.975 bits per heavy atom. The molecule has 0 atom stereocenters. The lowest BCUT2D eigenvalue weighted by molar-refractivity contribution is -0.147. The summed E-state index contributed by atoms with van der Waals surface area (Å²) < 4.78 is 42.3. The first kappa shape index (κ1) is 29.6. The van der Waals surface area contributed by atoms with Gasteiger partial charge in [0.2, 0.25) is 17.6 Å². The van der Waals surface area contributed by atoms with Gasteiger partial charge in [0.25, 0.3) is 0 Å². The van der Waals surface area contributed by atoms with E-state index in [2.05, 4.69) is 23.7 Å². The number of nitrogens with zero attached hydrogens (tertiary/aromatic N) is 5. The lowest BCUT2D eigenvalue weighted by atomic mass is 10.1. The summed E-state index contributed by atoms with van der Waals surface area (Å²) in [6.45, 7) is 9.69. The lowest BCUT2D eigenvalue weighted by Gasteiger charge is -2.29. The molecule has 1 aliphatic rings. The van der Waals surface area contributed by atoms with Crippen LogP contribution < -0.4 is 4.90 Å². The van der Waals surface area contributed by atoms with Crippen molar-refractivity contribution in [3.05, 3.63) is 59.9 Å². The molecule has 0 saturated carbocycles. The monoisotopic (exact) mass is 557 g/mol. The first-order chi connectivity index (χ1) is 19.0. The van der Waals surface area contributed by atoms with E-state index in [0.717, 1.165) is 30.8 Å². The third-order valence-corrected chi connectivity index (χ3v) is 7.22. The first-order valence-electron chi connectivity index (χ1n) is 13.9. The number of aromatic nitrogens is 2. The molecule has 2 aromatic carbocycles. The van der Waals surface area contributed by atoms with Gasteiger partial charge in [0.1, 0.15) is 0 Å². The van der Waals surface area contributed by atoms with Crippen molar-refractivity contribution in [1.82, 2.24) is 19.4 Å². The second kappa shape index (κ2) is 12.8. The average molecular weight is 558 g/mol. The molecule has 0 unspecified atom stereocenters. The van der Waals surface area contributed by atoms with Crippen molar-refractivity contribution in [3.8, 4) is 0 Å². The molecule has 2 amide bonds. The highest BCUT2D eigenvalue weighted by Gasteiger charge is 2.37. The third-order valence-electron chi connectivity index (χ3n) is 7.22. The fourth-order valence-electron chi connectivity index (χ4n) is 5.44. The number of hydrogen-bond donors (Lipinski definition) is 0. The van der Waals surface area contributed by atoms with Crippen LogP contribution in [0.5, 0.6) is 0 Å². The second-order valence-corrected chi connectivity index (χ2v) is 10.8. The van der Waals surface area contributed by atoms with Crippen molar-refractivity contribution < 1.29 is 22.8 Å². The molecule has 0 saturated heterocycles. The third kappa shape index (κ3) is 7.21. The van der Waals surface area contributed by atoms with Crippen LogP contribution in [0.3, 0.4) is 0 Å². The smallest absolute Gasteiger partial charge is 0.337 e. The van der Waals surface area contributed by atoms with Crippen LogP contribution in [0.2, 0.25) is 0 Å². The minimum atomic E-state index is -4.59. The number of imidazole rings is 1. The van der Waals surface area contributed by atoms with Crippen LogP contribution in [0.15, 0.2) is 48.5 Å². The molecule has 2 heterocycles. The Morgan fingerprint density at radius 2 is 1.70 bits per heavy atom. The van der Waals surface area contributed by atoms with E-state index in [9.17, 15) is 22.8 Å². The van der Waals surface area contributed by atoms with Crippen molar-refractivity contribution in [2.75, 3.05) is 37.6 Å². The van der Waals surface area contributed by atoms with E-state index in [4.69, 9.17) is 0 Å². The van der Waals surface area contributed by atoms with Gasteiger partial charge in [0.15, 0.2) is 0 Å². The summed E-state index contributed by atoms with van der Waals surface area (Å²) in [6, 6.07) is 14.2. The topological polar surface area (TPSA) is 61.7 Å². The number of benzene rings is 2. The highest BCUT2D eigenvalue weighted by atomic mass is 19.4. The number of alkyl halides is 3. The van der Waals surface area contributed by atoms with E-state index in [1.165, 1.54) is 4.57 Å². The molecule has 1 aromatic heterocycles. The molecule has 0 spiro atoms. The largest absolute Gasteiger partial charge is 0.449 e. The van der Waals surface area contributed by atoms with Gasteiger partial charge in [-0.2, -0.15) is 13.2 Å². The van der Waals surface area contributed by atoms with Gasteiger partial charge in [-0.25, -0.2) is 4.98 Å². The summed E-state index contributed by atoms with van der Waals surface area (Å²) in [4.78, 5) is 35.8. The molecule has 3 aromatic rings. The highest BCUT2D eigenvalue weighted by molar-refractivity contribution is 5.92. The lowest BCUT2D eigenvalue weighted by Crippen LogP contribution is -2.40. The van der Waals surface area contributed by atoms with Crippen molar-refractivity contribution in [3.63, 3.8) is 0 Å². The quantitative estimate of drug-likeness (QED) is 0.397. The van der Waals surface area contributed by atoms with Crippen molar-refractivity contribution in [2.24, 2.45) is 5.92 Å². The van der Waals surface area contributed by atoms with Gasteiger partial charge in [-0.3, -0.25) is 9.59 Å². The number of fused-ring (bicyclic) bond motifs is 2. The number of hydrogen-bond acceptors (Lipinski definition) is 4. The van der Waals surface area contributed by atoms with Gasteiger partial charge < -0.3 is 19.3 Å². The molecule has 0 radical (unpaired) electrons. The minimum Gasteiger partial charge on any atom is -0.337 e. The highest BCUT2D eigenvalue weighted by Crippen LogP contribution is 2.32. The number of carbonyl (C=O) groups is 2. The van der Waals surface area contributed by atoms with Crippen molar-refractivity contribution in [1.29, 1.82) is 0 Å². The molecule has 4 rings (SSSR count). The first-order valence-corrected chi connectivity index (χ1v) is 13.9. The van der Waals surface area contributed by atoms with Crippen LogP contribution in [-0.4, -0.2) is 63.9 Å². The summed E-state index contributed by atoms with van der Waals surface area (Å²) in [6.07, 6.45) is -3.43. The predicted molar refractivity (Wildman–Crippen MR) is 150 cm³/mol. The van der Waals surface area contributed by atoms with E-state index >= 15 is 0 Å². The van der Waals surface area contributed by atoms with Crippen LogP contribution in [0.25, 0.3) is 11.0 Å². The number of aryl methyl sites for hydroxylation is 1. The number of anilines is 1. The summed E-state index contributed by atoms with van der Waals surface area (Å²) in [5.41, 5.74) is 2.36. The fraction of sp³-hybridized carbons (Fsp3) is 0.500. The molecule has 216 valence electrons. The van der Waals surface area contributed by atoms with Gasteiger partial charge in [-0.1, -0.05) is 44.2 Å². The minimum absolute atomic E-state index is 0.0309. The summed E-state index contributed by atoms with van der Waals surface area (Å²) in [7, 11) is 0. The molecule has 0 aliphatic carbocycles. The Morgan fingerprint density at radius 3 is 2.42 bits per heavy atom. The van der Waals surface area contributed by atoms with Gasteiger partial charge in [-0.05, 0) is 49.1 Å². The van der Waals surface area contributed by atoms with Crippen molar-refractivity contribution in [2.45, 2.75) is 59.3 Å². The standard InChI is InChI=1S/C30H38F3N5O2/c1-22(2)20-35-15-9-17-37(23(3)39)26-12-6-4-10-24(26)21-36(19-18-35)28(40)14-8-16-38-27-13-7-5-11-25(27)34-29(38)30(31,32)33/h4-7,10-13,22H,8-9,14-21H2,1-3H3. The van der Waals surface area contributed by atoms with E-state index < -0.39 is 12.0 Å². The summed E-state index contributed by atoms with van der Waals surface area (Å²) in [5.74, 6) is -0.666. The Hall–Kier alpha value is -3.40. The van der Waals surface area contributed by atoms with Crippen LogP contribution >= 0.6 is 0 Å². The van der Waals surface area contributed by atoms with E-state index in [1.54, 1.807) is 41.0 Å². The SMILES string of the molecule is CC(=O)N1CCCN(CC(C)C)CCN(C(=O)CCCn2c(C(F)(F)F)nc3ccccc32)Cc2ccccc21. The zero-order chi connectivity index (χ0) is 28.9. The maximum absolute atomic E-state index is 13.7. The fourth-order valence-corrected chi connectivity index (χ4v) is 5.44. The zero-order valence-corrected chi connectivity index (χ0v) is 23.5. The average Bonchev–Trinajstić information content (AvgIpc) is 3.26. The van der Waals surface area contributed by atoms with Gasteiger partial charge in [0, 0.05) is 58.3 Å². The van der Waals surface area contributed by atoms with Crippen LogP contribution in [0, 0.1) is 5.92 Å². The number of rotatable bonds is 6. The van der Waals surface area contributed by atoms with Gasteiger partial charge in [0.05, 0.1) is 11.0 Å². The predicted octanol–water partition coefficient (Wildman–Crippen LogP) is 5.58. The Kier molecular flexibility index (Phi) is 9.50. The maximum Gasteiger partial charge on any atom is 0.449 e. The zero-order valence-electron chi connectivity index (χ0n) is 23.5. The van der Waals surface area contributed by atoms with Crippen molar-refractivity contribution >= 4 is 28.5 Å². The molecule has 1 aliphatic heterocycles. The molecule has 7 nitrogen and oxygen atoms in total. The van der Waals surface area contributed by atoms with E-state index in [0.29, 0.717) is 37.6 Å². The summed E-state index contributed by atoms with van der Waals surface area (Å²) >= 11 is 0. The van der Waals surface area contributed by atoms with E-state index in [1.807, 2.05) is 24.3 Å². The Bertz CT molecular complexity index is 1320. The number of para-hydroxylation sites is 3. The van der Waals surface area contributed by atoms with Gasteiger partial charge >= 0.3 is 6.18 Å². The Balaban J connectivity index is 1.55. The van der Waals surface area contributed by atoms with Crippen LogP contribution in [0.4, 0.5) is 18.9 Å². The normalized spacial score (nSPS) is 15.8. The molecular formula is C30H38F3N5O2. The Labute approximate surface area is 233 Å². The maximum atomic E-state index is 13.7. The number of amides is 2. The van der Waals surface area contributed by atoms with Crippen LogP contribution in [-0.2, 0) is 28.9 Å². The molecule has 0 fully saturated rings. The molecular weight excluding hydrogens is 519 g/mol. The number of carbonyl (C=O) groups excluding carboxylic acids is 2. The van der Waals surface area contributed by atoms with E-state index in [-0.39, 0.29) is 36.7 Å². The van der Waals surface area contributed by atoms with Gasteiger partial charge in [-0.15, -0.1) is 0 Å². The molecule has 0 N–H and O–H groups in total. The summed E-state index contributed by atoms with van der Waals surface area (Å²) in [5, 5.41) is 0. The second-order valence-electron chi connectivity index (χ2n) is 10.8. The van der Waals surface area contributed by atoms with Crippen LogP contribution in [0.1, 0.15) is 51.4 Å². The molecule has 0 bridgehead atoms. The molecule has 40 heavy (non-hydrogen) atoms. The number of halogens is 3. The molecule has 10 heteroatoms.